The first-order valence-corrected chi connectivity index (χ1v) is 10.1. The highest BCUT2D eigenvalue weighted by molar-refractivity contribution is 5.70. The van der Waals surface area contributed by atoms with Gasteiger partial charge in [0.15, 0.2) is 0 Å². The third kappa shape index (κ3) is 9.14. The topological polar surface area (TPSA) is 115 Å². The summed E-state index contributed by atoms with van der Waals surface area (Å²) in [5.74, 6) is 0. The molecule has 0 aromatic heterocycles. The van der Waals surface area contributed by atoms with Gasteiger partial charge in [0, 0.05) is 12.6 Å². The SMILES string of the molecule is CCCCOC(=O)NC1CCC(CNC(=O)OC)(NC(=O)OCCCC)CC1. The fourth-order valence-corrected chi connectivity index (χ4v) is 3.05. The van der Waals surface area contributed by atoms with E-state index >= 15 is 0 Å². The second-order valence-corrected chi connectivity index (χ2v) is 7.15. The standard InChI is InChI=1S/C19H35N3O6/c1-4-6-12-27-17(24)21-15-8-10-19(11-9-15,14-20-16(23)26-3)22-18(25)28-13-7-5-2/h15H,4-14H2,1-3H3,(H,20,23)(H,21,24)(H,22,25). The summed E-state index contributed by atoms with van der Waals surface area (Å²) in [5, 5.41) is 8.44. The number of amides is 3. The molecule has 3 amide bonds. The van der Waals surface area contributed by atoms with Crippen molar-refractivity contribution in [3.8, 4) is 0 Å². The van der Waals surface area contributed by atoms with E-state index in [1.807, 2.05) is 13.8 Å². The molecule has 0 unspecified atom stereocenters. The molecular formula is C19H35N3O6. The zero-order valence-electron chi connectivity index (χ0n) is 17.3. The molecule has 1 rings (SSSR count). The predicted octanol–water partition coefficient (Wildman–Crippen LogP) is 3.08. The van der Waals surface area contributed by atoms with Crippen molar-refractivity contribution < 1.29 is 28.6 Å². The Bertz CT molecular complexity index is 492. The summed E-state index contributed by atoms with van der Waals surface area (Å²) >= 11 is 0. The predicted molar refractivity (Wildman–Crippen MR) is 104 cm³/mol. The lowest BCUT2D eigenvalue weighted by molar-refractivity contribution is 0.110. The van der Waals surface area contributed by atoms with Gasteiger partial charge < -0.3 is 30.2 Å². The van der Waals surface area contributed by atoms with E-state index < -0.39 is 23.8 Å². The Morgan fingerprint density at radius 2 is 1.50 bits per heavy atom. The fourth-order valence-electron chi connectivity index (χ4n) is 3.05. The van der Waals surface area contributed by atoms with Crippen LogP contribution in [0.5, 0.6) is 0 Å². The Morgan fingerprint density at radius 1 is 0.929 bits per heavy atom. The number of rotatable bonds is 10. The number of alkyl carbamates (subject to hydrolysis) is 3. The van der Waals surface area contributed by atoms with E-state index in [-0.39, 0.29) is 12.6 Å². The second-order valence-electron chi connectivity index (χ2n) is 7.15. The Morgan fingerprint density at radius 3 is 2.04 bits per heavy atom. The number of ether oxygens (including phenoxy) is 3. The van der Waals surface area contributed by atoms with Crippen molar-refractivity contribution >= 4 is 18.3 Å². The van der Waals surface area contributed by atoms with Crippen LogP contribution < -0.4 is 16.0 Å². The average molecular weight is 402 g/mol. The van der Waals surface area contributed by atoms with Gasteiger partial charge >= 0.3 is 18.3 Å². The maximum atomic E-state index is 12.1. The molecule has 0 bridgehead atoms. The monoisotopic (exact) mass is 401 g/mol. The molecule has 162 valence electrons. The summed E-state index contributed by atoms with van der Waals surface area (Å²) in [7, 11) is 1.29. The molecule has 1 aliphatic rings. The van der Waals surface area contributed by atoms with Crippen molar-refractivity contribution in [3.63, 3.8) is 0 Å². The lowest BCUT2D eigenvalue weighted by atomic mass is 9.79. The Balaban J connectivity index is 2.56. The van der Waals surface area contributed by atoms with Gasteiger partial charge in [0.25, 0.3) is 0 Å². The lowest BCUT2D eigenvalue weighted by Gasteiger charge is -2.40. The van der Waals surface area contributed by atoms with E-state index in [1.54, 1.807) is 0 Å². The van der Waals surface area contributed by atoms with Crippen molar-refractivity contribution in [2.75, 3.05) is 26.9 Å². The van der Waals surface area contributed by atoms with E-state index in [1.165, 1.54) is 7.11 Å². The van der Waals surface area contributed by atoms with Crippen molar-refractivity contribution in [1.82, 2.24) is 16.0 Å². The van der Waals surface area contributed by atoms with Gasteiger partial charge in [0.1, 0.15) is 0 Å². The minimum atomic E-state index is -0.637. The van der Waals surface area contributed by atoms with Crippen LogP contribution in [0, 0.1) is 0 Å². The second kappa shape index (κ2) is 13.1. The molecule has 0 atom stereocenters. The van der Waals surface area contributed by atoms with Gasteiger partial charge in [-0.25, -0.2) is 14.4 Å². The first-order valence-electron chi connectivity index (χ1n) is 10.1. The molecule has 1 fully saturated rings. The minimum absolute atomic E-state index is 0.0294. The molecule has 0 heterocycles. The molecule has 0 aromatic rings. The van der Waals surface area contributed by atoms with Crippen molar-refractivity contribution in [1.29, 1.82) is 0 Å². The van der Waals surface area contributed by atoms with Crippen LogP contribution in [0.2, 0.25) is 0 Å². The van der Waals surface area contributed by atoms with Gasteiger partial charge in [-0.3, -0.25) is 0 Å². The number of hydrogen-bond acceptors (Lipinski definition) is 6. The third-order valence-corrected chi connectivity index (χ3v) is 4.85. The number of unbranched alkanes of at least 4 members (excludes halogenated alkanes) is 2. The summed E-state index contributed by atoms with van der Waals surface area (Å²) in [6.45, 7) is 5.05. The molecule has 0 radical (unpaired) electrons. The molecule has 0 saturated heterocycles. The third-order valence-electron chi connectivity index (χ3n) is 4.85. The van der Waals surface area contributed by atoms with Crippen LogP contribution in [0.1, 0.15) is 65.2 Å². The minimum Gasteiger partial charge on any atom is -0.453 e. The molecule has 1 saturated carbocycles. The Kier molecular flexibility index (Phi) is 11.1. The van der Waals surface area contributed by atoms with E-state index in [2.05, 4.69) is 20.7 Å². The summed E-state index contributed by atoms with van der Waals surface area (Å²) in [4.78, 5) is 35.5. The summed E-state index contributed by atoms with van der Waals surface area (Å²) in [6, 6.07) is -0.0294. The number of methoxy groups -OCH3 is 1. The van der Waals surface area contributed by atoms with Crippen LogP contribution in [-0.2, 0) is 14.2 Å². The van der Waals surface area contributed by atoms with Crippen LogP contribution >= 0.6 is 0 Å². The van der Waals surface area contributed by atoms with E-state index in [0.717, 1.165) is 25.7 Å². The highest BCUT2D eigenvalue weighted by Crippen LogP contribution is 2.28. The smallest absolute Gasteiger partial charge is 0.407 e. The number of nitrogens with one attached hydrogen (secondary N) is 3. The van der Waals surface area contributed by atoms with E-state index in [0.29, 0.717) is 38.9 Å². The quantitative estimate of drug-likeness (QED) is 0.383. The molecule has 9 heteroatoms. The molecule has 0 aromatic carbocycles. The lowest BCUT2D eigenvalue weighted by Crippen LogP contribution is -2.59. The van der Waals surface area contributed by atoms with Crippen LogP contribution in [0.15, 0.2) is 0 Å². The van der Waals surface area contributed by atoms with Crippen molar-refractivity contribution in [3.05, 3.63) is 0 Å². The highest BCUT2D eigenvalue weighted by atomic mass is 16.6. The molecule has 9 nitrogen and oxygen atoms in total. The summed E-state index contributed by atoms with van der Waals surface area (Å²) < 4.78 is 15.0. The molecule has 3 N–H and O–H groups in total. The normalized spacial score (nSPS) is 21.3. The Hall–Kier alpha value is -2.19. The number of hydrogen-bond donors (Lipinski definition) is 3. The number of carbonyl (C=O) groups is 3. The van der Waals surface area contributed by atoms with Gasteiger partial charge in [0.05, 0.1) is 25.9 Å². The van der Waals surface area contributed by atoms with Gasteiger partial charge in [-0.15, -0.1) is 0 Å². The molecule has 28 heavy (non-hydrogen) atoms. The largest absolute Gasteiger partial charge is 0.453 e. The average Bonchev–Trinajstić information content (AvgIpc) is 2.68. The van der Waals surface area contributed by atoms with Crippen LogP contribution in [0.25, 0.3) is 0 Å². The fraction of sp³-hybridized carbons (Fsp3) is 0.842. The van der Waals surface area contributed by atoms with Gasteiger partial charge in [-0.05, 0) is 38.5 Å². The first-order chi connectivity index (χ1) is 13.4. The van der Waals surface area contributed by atoms with Gasteiger partial charge in [-0.1, -0.05) is 26.7 Å². The summed E-state index contributed by atoms with van der Waals surface area (Å²) in [6.07, 6.45) is 4.55. The molecule has 0 spiro atoms. The van der Waals surface area contributed by atoms with Gasteiger partial charge in [-0.2, -0.15) is 0 Å². The Labute approximate surface area is 167 Å². The zero-order chi connectivity index (χ0) is 20.8. The van der Waals surface area contributed by atoms with E-state index in [4.69, 9.17) is 9.47 Å². The highest BCUT2D eigenvalue weighted by Gasteiger charge is 2.38. The molecule has 0 aliphatic heterocycles. The molecule has 1 aliphatic carbocycles. The van der Waals surface area contributed by atoms with E-state index in [9.17, 15) is 14.4 Å². The maximum Gasteiger partial charge on any atom is 0.407 e. The van der Waals surface area contributed by atoms with Crippen LogP contribution in [0.3, 0.4) is 0 Å². The van der Waals surface area contributed by atoms with Crippen LogP contribution in [0.4, 0.5) is 14.4 Å². The molecular weight excluding hydrogens is 366 g/mol. The summed E-state index contributed by atoms with van der Waals surface area (Å²) in [5.41, 5.74) is -0.637. The van der Waals surface area contributed by atoms with Crippen molar-refractivity contribution in [2.24, 2.45) is 0 Å². The zero-order valence-corrected chi connectivity index (χ0v) is 17.3. The van der Waals surface area contributed by atoms with Crippen molar-refractivity contribution in [2.45, 2.75) is 76.8 Å². The van der Waals surface area contributed by atoms with Gasteiger partial charge in [0.2, 0.25) is 0 Å². The maximum absolute atomic E-state index is 12.1. The first kappa shape index (κ1) is 23.8. The van der Waals surface area contributed by atoms with Crippen LogP contribution in [-0.4, -0.2) is 56.7 Å². The number of carbonyl (C=O) groups excluding carboxylic acids is 3.